The molecule has 2 fully saturated rings. The Kier molecular flexibility index (Phi) is 3.83. The van der Waals surface area contributed by atoms with Crippen LogP contribution < -0.4 is 0 Å². The summed E-state index contributed by atoms with van der Waals surface area (Å²) in [5.41, 5.74) is 1.23. The van der Waals surface area contributed by atoms with Gasteiger partial charge in [0.2, 0.25) is 0 Å². The third-order valence-corrected chi connectivity index (χ3v) is 4.99. The molecule has 0 radical (unpaired) electrons. The van der Waals surface area contributed by atoms with E-state index in [-0.39, 0.29) is 0 Å². The molecule has 2 heterocycles. The number of rotatable bonds is 4. The van der Waals surface area contributed by atoms with Crippen molar-refractivity contribution in [2.45, 2.75) is 31.7 Å². The molecule has 19 heavy (non-hydrogen) atoms. The van der Waals surface area contributed by atoms with E-state index in [1.165, 1.54) is 28.4 Å². The molecule has 1 aromatic heterocycles. The minimum atomic E-state index is 0.534. The molecule has 0 aromatic carbocycles. The molecule has 1 saturated heterocycles. The van der Waals surface area contributed by atoms with Crippen LogP contribution in [0.4, 0.5) is 0 Å². The third-order valence-electron chi connectivity index (χ3n) is 3.93. The molecule has 1 aromatic rings. The van der Waals surface area contributed by atoms with E-state index in [1.807, 2.05) is 0 Å². The summed E-state index contributed by atoms with van der Waals surface area (Å²) in [7, 11) is 2.18. The van der Waals surface area contributed by atoms with Gasteiger partial charge in [0.25, 0.3) is 0 Å². The van der Waals surface area contributed by atoms with Crippen molar-refractivity contribution >= 4 is 11.3 Å². The summed E-state index contributed by atoms with van der Waals surface area (Å²) in [5, 5.41) is 10.1. The Balaban J connectivity index is 1.67. The zero-order valence-electron chi connectivity index (χ0n) is 11.4. The Labute approximate surface area is 118 Å². The fourth-order valence-electron chi connectivity index (χ4n) is 2.55. The van der Waals surface area contributed by atoms with Gasteiger partial charge in [0.05, 0.1) is 24.7 Å². The molecule has 0 N–H and O–H groups in total. The van der Waals surface area contributed by atoms with E-state index in [4.69, 9.17) is 10.2 Å². The summed E-state index contributed by atoms with van der Waals surface area (Å²) in [6.07, 6.45) is 3.05. The van der Waals surface area contributed by atoms with E-state index >= 15 is 0 Å². The normalized spacial score (nSPS) is 21.5. The fraction of sp³-hybridized carbons (Fsp3) is 0.714. The second kappa shape index (κ2) is 5.58. The lowest BCUT2D eigenvalue weighted by molar-refractivity contribution is 0.148. The maximum absolute atomic E-state index is 8.92. The van der Waals surface area contributed by atoms with Gasteiger partial charge in [0, 0.05) is 37.0 Å². The van der Waals surface area contributed by atoms with E-state index in [1.54, 1.807) is 11.3 Å². The van der Waals surface area contributed by atoms with Gasteiger partial charge in [-0.15, -0.1) is 11.3 Å². The van der Waals surface area contributed by atoms with Crippen LogP contribution in [0.3, 0.4) is 0 Å². The lowest BCUT2D eigenvalue weighted by Crippen LogP contribution is -2.43. The minimum absolute atomic E-state index is 0.534. The first-order valence-corrected chi connectivity index (χ1v) is 7.84. The van der Waals surface area contributed by atoms with Crippen LogP contribution in [0, 0.1) is 11.3 Å². The topological polar surface area (TPSA) is 43.2 Å². The monoisotopic (exact) mass is 276 g/mol. The maximum Gasteiger partial charge on any atom is 0.107 e. The van der Waals surface area contributed by atoms with Crippen molar-refractivity contribution in [2.75, 3.05) is 33.2 Å². The van der Waals surface area contributed by atoms with E-state index in [0.717, 1.165) is 32.7 Å². The number of nitrogens with zero attached hydrogens (tertiary/aromatic N) is 4. The first-order chi connectivity index (χ1) is 9.26. The van der Waals surface area contributed by atoms with Crippen LogP contribution in [0.2, 0.25) is 0 Å². The molecule has 1 saturated carbocycles. The van der Waals surface area contributed by atoms with Gasteiger partial charge in [-0.1, -0.05) is 0 Å². The molecule has 5 heteroatoms. The molecule has 4 nitrogen and oxygen atoms in total. The molecule has 3 rings (SSSR count). The summed E-state index contributed by atoms with van der Waals surface area (Å²) >= 11 is 1.76. The number of thiazole rings is 1. The molecule has 0 bridgehead atoms. The van der Waals surface area contributed by atoms with Crippen molar-refractivity contribution in [3.05, 3.63) is 15.6 Å². The number of aromatic nitrogens is 1. The molecule has 0 atom stereocenters. The molecule has 102 valence electrons. The average Bonchev–Trinajstić information content (AvgIpc) is 3.17. The van der Waals surface area contributed by atoms with E-state index in [9.17, 15) is 0 Å². The van der Waals surface area contributed by atoms with Gasteiger partial charge in [0.15, 0.2) is 0 Å². The SMILES string of the molecule is CN1CCN(Cc2nc(C3CC3)c(CC#N)s2)CC1. The largest absolute Gasteiger partial charge is 0.304 e. The van der Waals surface area contributed by atoms with E-state index < -0.39 is 0 Å². The quantitative estimate of drug-likeness (QED) is 0.841. The number of likely N-dealkylation sites (N-methyl/N-ethyl adjacent to an activating group) is 1. The Morgan fingerprint density at radius 1 is 1.32 bits per heavy atom. The predicted octanol–water partition coefficient (Wildman–Crippen LogP) is 1.83. The van der Waals surface area contributed by atoms with Crippen molar-refractivity contribution in [1.29, 1.82) is 5.26 Å². The number of nitriles is 1. The van der Waals surface area contributed by atoms with Gasteiger partial charge in [0.1, 0.15) is 5.01 Å². The molecule has 0 unspecified atom stereocenters. The summed E-state index contributed by atoms with van der Waals surface area (Å²) in [6.45, 7) is 5.51. The van der Waals surface area contributed by atoms with Crippen LogP contribution in [-0.2, 0) is 13.0 Å². The maximum atomic E-state index is 8.92. The first-order valence-electron chi connectivity index (χ1n) is 7.02. The number of piperazine rings is 1. The highest BCUT2D eigenvalue weighted by atomic mass is 32.1. The lowest BCUT2D eigenvalue weighted by atomic mass is 10.2. The predicted molar refractivity (Wildman–Crippen MR) is 76.2 cm³/mol. The summed E-state index contributed by atoms with van der Waals surface area (Å²) in [5.74, 6) is 0.654. The van der Waals surface area contributed by atoms with Crippen LogP contribution in [0.1, 0.15) is 34.3 Å². The zero-order chi connectivity index (χ0) is 13.2. The van der Waals surface area contributed by atoms with Crippen LogP contribution in [0.25, 0.3) is 0 Å². The van der Waals surface area contributed by atoms with Gasteiger partial charge < -0.3 is 4.90 Å². The highest BCUT2D eigenvalue weighted by Gasteiger charge is 2.29. The van der Waals surface area contributed by atoms with Crippen LogP contribution in [-0.4, -0.2) is 48.0 Å². The Bertz CT molecular complexity index is 478. The zero-order valence-corrected chi connectivity index (χ0v) is 12.2. The van der Waals surface area contributed by atoms with E-state index in [2.05, 4.69) is 22.9 Å². The molecular weight excluding hydrogens is 256 g/mol. The van der Waals surface area contributed by atoms with Crippen molar-refractivity contribution in [3.63, 3.8) is 0 Å². The first kappa shape index (κ1) is 13.0. The number of hydrogen-bond acceptors (Lipinski definition) is 5. The molecule has 1 aliphatic carbocycles. The minimum Gasteiger partial charge on any atom is -0.304 e. The van der Waals surface area contributed by atoms with Crippen LogP contribution in [0.5, 0.6) is 0 Å². The lowest BCUT2D eigenvalue weighted by Gasteiger charge is -2.31. The Morgan fingerprint density at radius 3 is 2.68 bits per heavy atom. The third kappa shape index (κ3) is 3.14. The van der Waals surface area contributed by atoms with Gasteiger partial charge in [-0.3, -0.25) is 4.90 Å². The van der Waals surface area contributed by atoms with E-state index in [0.29, 0.717) is 12.3 Å². The summed E-state index contributed by atoms with van der Waals surface area (Å²) < 4.78 is 0. The number of hydrogen-bond donors (Lipinski definition) is 0. The van der Waals surface area contributed by atoms with Crippen molar-refractivity contribution in [3.8, 4) is 6.07 Å². The molecule has 2 aliphatic rings. The standard InChI is InChI=1S/C14H20N4S/c1-17-6-8-18(9-7-17)10-13-16-14(11-2-3-11)12(19-13)4-5-15/h11H,2-4,6-10H2,1H3. The van der Waals surface area contributed by atoms with Crippen molar-refractivity contribution < 1.29 is 0 Å². The average molecular weight is 276 g/mol. The van der Waals surface area contributed by atoms with Crippen LogP contribution >= 0.6 is 11.3 Å². The molecule has 0 amide bonds. The Morgan fingerprint density at radius 2 is 2.05 bits per heavy atom. The second-order valence-electron chi connectivity index (χ2n) is 5.60. The van der Waals surface area contributed by atoms with Crippen molar-refractivity contribution in [1.82, 2.24) is 14.8 Å². The second-order valence-corrected chi connectivity index (χ2v) is 6.77. The molecule has 0 spiro atoms. The highest BCUT2D eigenvalue weighted by molar-refractivity contribution is 7.11. The fourth-order valence-corrected chi connectivity index (χ4v) is 3.68. The van der Waals surface area contributed by atoms with Gasteiger partial charge in [-0.05, 0) is 19.9 Å². The molecule has 1 aliphatic heterocycles. The van der Waals surface area contributed by atoms with Crippen LogP contribution in [0.15, 0.2) is 0 Å². The highest BCUT2D eigenvalue weighted by Crippen LogP contribution is 2.42. The molecular formula is C14H20N4S. The van der Waals surface area contributed by atoms with Crippen molar-refractivity contribution in [2.24, 2.45) is 0 Å². The smallest absolute Gasteiger partial charge is 0.107 e. The van der Waals surface area contributed by atoms with Gasteiger partial charge in [-0.25, -0.2) is 4.98 Å². The van der Waals surface area contributed by atoms with Gasteiger partial charge >= 0.3 is 0 Å². The Hall–Kier alpha value is -0.960. The summed E-state index contributed by atoms with van der Waals surface area (Å²) in [4.78, 5) is 10.9. The summed E-state index contributed by atoms with van der Waals surface area (Å²) in [6, 6.07) is 2.28. The van der Waals surface area contributed by atoms with Gasteiger partial charge in [-0.2, -0.15) is 5.26 Å².